The lowest BCUT2D eigenvalue weighted by Gasteiger charge is -2.06. The van der Waals surface area contributed by atoms with Gasteiger partial charge in [-0.25, -0.2) is 0 Å². The molecule has 0 aliphatic carbocycles. The molecule has 0 fully saturated rings. The van der Waals surface area contributed by atoms with Crippen LogP contribution < -0.4 is 10.4 Å². The summed E-state index contributed by atoms with van der Waals surface area (Å²) in [6, 6.07) is 7.13. The van der Waals surface area contributed by atoms with E-state index in [1.807, 2.05) is 0 Å². The van der Waals surface area contributed by atoms with Crippen molar-refractivity contribution in [1.29, 1.82) is 0 Å². The van der Waals surface area contributed by atoms with Gasteiger partial charge in [0, 0.05) is 11.8 Å². The number of hydrogen-bond donors (Lipinski definition) is 1. The topological polar surface area (TPSA) is 95.3 Å². The smallest absolute Gasteiger partial charge is 0.294 e. The Morgan fingerprint density at radius 2 is 2.12 bits per heavy atom. The van der Waals surface area contributed by atoms with Crippen LogP contribution in [0.1, 0.15) is 20.9 Å². The summed E-state index contributed by atoms with van der Waals surface area (Å²) in [5.74, 6) is -1.76. The molecule has 86 valence electrons. The molecule has 1 aromatic carbocycles. The predicted molar refractivity (Wildman–Crippen MR) is 55.2 cm³/mol. The molecule has 1 heterocycles. The van der Waals surface area contributed by atoms with Gasteiger partial charge in [-0.2, -0.15) is 0 Å². The maximum absolute atomic E-state index is 11.5. The van der Waals surface area contributed by atoms with Crippen LogP contribution in [-0.2, 0) is 0 Å². The van der Waals surface area contributed by atoms with Crippen LogP contribution in [0.5, 0.6) is 0 Å². The Hall–Kier alpha value is -2.63. The van der Waals surface area contributed by atoms with E-state index >= 15 is 0 Å². The van der Waals surface area contributed by atoms with Crippen LogP contribution in [0.4, 0.5) is 5.69 Å². The van der Waals surface area contributed by atoms with E-state index in [0.717, 1.165) is 0 Å². The van der Waals surface area contributed by atoms with Crippen LogP contribution in [0.25, 0.3) is 0 Å². The van der Waals surface area contributed by atoms with Crippen molar-refractivity contribution in [2.75, 3.05) is 5.32 Å². The Kier molecular flexibility index (Phi) is 2.87. The lowest BCUT2D eigenvalue weighted by Crippen LogP contribution is -2.22. The summed E-state index contributed by atoms with van der Waals surface area (Å²) in [6.07, 6.45) is 1.34. The summed E-state index contributed by atoms with van der Waals surface area (Å²) in [7, 11) is 0. The number of aromatic nitrogens is 1. The van der Waals surface area contributed by atoms with Crippen molar-refractivity contribution in [1.82, 2.24) is 5.16 Å². The summed E-state index contributed by atoms with van der Waals surface area (Å²) in [5.41, 5.74) is 0.327. The Bertz CT molecular complexity index is 548. The van der Waals surface area contributed by atoms with E-state index in [4.69, 9.17) is 0 Å². The van der Waals surface area contributed by atoms with Gasteiger partial charge >= 0.3 is 0 Å². The average Bonchev–Trinajstić information content (AvgIpc) is 2.82. The predicted octanol–water partition coefficient (Wildman–Crippen LogP) is 0.290. The van der Waals surface area contributed by atoms with Gasteiger partial charge in [0.05, 0.1) is 12.2 Å². The van der Waals surface area contributed by atoms with Gasteiger partial charge < -0.3 is 19.7 Å². The van der Waals surface area contributed by atoms with Gasteiger partial charge in [0.25, 0.3) is 5.91 Å². The highest BCUT2D eigenvalue weighted by atomic mass is 16.5. The molecule has 1 amide bonds. The Labute approximate surface area is 95.9 Å². The fourth-order valence-corrected chi connectivity index (χ4v) is 1.25. The molecule has 17 heavy (non-hydrogen) atoms. The Balaban J connectivity index is 2.16. The first kappa shape index (κ1) is 10.9. The summed E-state index contributed by atoms with van der Waals surface area (Å²) in [5, 5.41) is 16.5. The number of carbonyl (C=O) groups is 2. The highest BCUT2D eigenvalue weighted by Gasteiger charge is 2.09. The maximum atomic E-state index is 11.5. The van der Waals surface area contributed by atoms with Crippen molar-refractivity contribution < 1.29 is 19.2 Å². The second-order valence-electron chi connectivity index (χ2n) is 3.20. The fraction of sp³-hybridized carbons (Fsp3) is 0. The summed E-state index contributed by atoms with van der Waals surface area (Å²) in [6.45, 7) is 0. The van der Waals surface area contributed by atoms with E-state index in [0.29, 0.717) is 5.69 Å². The molecular formula is C11H7N2O4-. The van der Waals surface area contributed by atoms with Crippen LogP contribution in [0.3, 0.4) is 0 Å². The first-order valence-corrected chi connectivity index (χ1v) is 4.70. The largest absolute Gasteiger partial charge is 0.545 e. The summed E-state index contributed by atoms with van der Waals surface area (Å²) < 4.78 is 4.65. The fourth-order valence-electron chi connectivity index (χ4n) is 1.25. The standard InChI is InChI=1S/C11H8N2O4/c14-10(9-4-5-12-17-9)13-8-3-1-2-7(6-8)11(15)16/h1-6H,(H,13,14)(H,15,16)/p-1. The molecular weight excluding hydrogens is 224 g/mol. The quantitative estimate of drug-likeness (QED) is 0.819. The summed E-state index contributed by atoms with van der Waals surface area (Å²) in [4.78, 5) is 22.2. The lowest BCUT2D eigenvalue weighted by molar-refractivity contribution is -0.255. The van der Waals surface area contributed by atoms with Crippen LogP contribution in [0.2, 0.25) is 0 Å². The van der Waals surface area contributed by atoms with Crippen LogP contribution in [-0.4, -0.2) is 17.0 Å². The van der Waals surface area contributed by atoms with Gasteiger partial charge in [0.15, 0.2) is 0 Å². The third-order valence-electron chi connectivity index (χ3n) is 2.02. The van der Waals surface area contributed by atoms with Gasteiger partial charge in [-0.05, 0) is 17.7 Å². The molecule has 2 aromatic rings. The molecule has 1 N–H and O–H groups in total. The third-order valence-corrected chi connectivity index (χ3v) is 2.02. The van der Waals surface area contributed by atoms with E-state index in [1.54, 1.807) is 6.07 Å². The lowest BCUT2D eigenvalue weighted by atomic mass is 10.2. The van der Waals surface area contributed by atoms with E-state index in [2.05, 4.69) is 15.0 Å². The molecule has 6 heteroatoms. The van der Waals surface area contributed by atoms with E-state index in [1.165, 1.54) is 30.5 Å². The monoisotopic (exact) mass is 231 g/mol. The highest BCUT2D eigenvalue weighted by Crippen LogP contribution is 2.11. The number of rotatable bonds is 3. The number of carbonyl (C=O) groups excluding carboxylic acids is 2. The number of anilines is 1. The molecule has 1 aromatic heterocycles. The maximum Gasteiger partial charge on any atom is 0.294 e. The third kappa shape index (κ3) is 2.49. The van der Waals surface area contributed by atoms with Crippen molar-refractivity contribution in [3.8, 4) is 0 Å². The number of carboxylic acids is 1. The molecule has 0 saturated heterocycles. The van der Waals surface area contributed by atoms with E-state index < -0.39 is 11.9 Å². The molecule has 0 aliphatic rings. The second kappa shape index (κ2) is 4.48. The number of aromatic carboxylic acids is 1. The Morgan fingerprint density at radius 3 is 2.76 bits per heavy atom. The van der Waals surface area contributed by atoms with Crippen LogP contribution >= 0.6 is 0 Å². The minimum atomic E-state index is -1.30. The van der Waals surface area contributed by atoms with E-state index in [-0.39, 0.29) is 11.3 Å². The molecule has 6 nitrogen and oxygen atoms in total. The number of carboxylic acid groups (broad SMARTS) is 1. The van der Waals surface area contributed by atoms with Gasteiger partial charge in [-0.15, -0.1) is 0 Å². The number of hydrogen-bond acceptors (Lipinski definition) is 5. The number of benzene rings is 1. The number of amides is 1. The van der Waals surface area contributed by atoms with Gasteiger partial charge in [-0.1, -0.05) is 17.3 Å². The Morgan fingerprint density at radius 1 is 1.29 bits per heavy atom. The molecule has 0 radical (unpaired) electrons. The number of nitrogens with zero attached hydrogens (tertiary/aromatic N) is 1. The van der Waals surface area contributed by atoms with Gasteiger partial charge in [0.2, 0.25) is 5.76 Å². The van der Waals surface area contributed by atoms with Crippen molar-refractivity contribution in [2.24, 2.45) is 0 Å². The van der Waals surface area contributed by atoms with Crippen LogP contribution in [0, 0.1) is 0 Å². The SMILES string of the molecule is O=C([O-])c1cccc(NC(=O)c2ccno2)c1. The zero-order chi connectivity index (χ0) is 12.3. The molecule has 2 rings (SSSR count). The van der Waals surface area contributed by atoms with Crippen molar-refractivity contribution in [3.05, 3.63) is 47.9 Å². The first-order valence-electron chi connectivity index (χ1n) is 4.70. The normalized spacial score (nSPS) is 9.88. The zero-order valence-corrected chi connectivity index (χ0v) is 8.54. The van der Waals surface area contributed by atoms with Crippen molar-refractivity contribution >= 4 is 17.6 Å². The average molecular weight is 231 g/mol. The molecule has 0 unspecified atom stereocenters. The van der Waals surface area contributed by atoms with Crippen molar-refractivity contribution in [2.45, 2.75) is 0 Å². The highest BCUT2D eigenvalue weighted by molar-refractivity contribution is 6.02. The second-order valence-corrected chi connectivity index (χ2v) is 3.20. The first-order chi connectivity index (χ1) is 8.16. The molecule has 0 aliphatic heterocycles. The van der Waals surface area contributed by atoms with Crippen molar-refractivity contribution in [3.63, 3.8) is 0 Å². The minimum absolute atomic E-state index is 0.0135. The number of nitrogens with one attached hydrogen (secondary N) is 1. The minimum Gasteiger partial charge on any atom is -0.545 e. The van der Waals surface area contributed by atoms with Crippen LogP contribution in [0.15, 0.2) is 41.1 Å². The summed E-state index contributed by atoms with van der Waals surface area (Å²) >= 11 is 0. The molecule has 0 saturated carbocycles. The molecule has 0 spiro atoms. The van der Waals surface area contributed by atoms with Gasteiger partial charge in [0.1, 0.15) is 0 Å². The molecule has 0 atom stereocenters. The zero-order valence-electron chi connectivity index (χ0n) is 8.54. The van der Waals surface area contributed by atoms with E-state index in [9.17, 15) is 14.7 Å². The van der Waals surface area contributed by atoms with Gasteiger partial charge in [-0.3, -0.25) is 4.79 Å². The molecule has 0 bridgehead atoms.